The topological polar surface area (TPSA) is 35.2 Å². The maximum Gasteiger partial charge on any atom is 0.122 e. The summed E-state index contributed by atoms with van der Waals surface area (Å²) in [5, 5.41) is 0. The molecule has 1 atom stereocenters. The third kappa shape index (κ3) is 3.74. The molecule has 0 aromatic heterocycles. The molecule has 0 bridgehead atoms. The normalized spacial score (nSPS) is 16.9. The number of benzene rings is 1. The predicted octanol–water partition coefficient (Wildman–Crippen LogP) is 3.06. The van der Waals surface area contributed by atoms with Crippen molar-refractivity contribution in [1.29, 1.82) is 0 Å². The molecule has 17 heavy (non-hydrogen) atoms. The zero-order valence-corrected chi connectivity index (χ0v) is 10.9. The van der Waals surface area contributed by atoms with Crippen LogP contribution in [0, 0.1) is 12.8 Å². The molecule has 1 aromatic carbocycles. The lowest BCUT2D eigenvalue weighted by molar-refractivity contribution is 0.298. The molecule has 1 saturated carbocycles. The standard InChI is InChI=1S/C15H23NO/c1-3-14(16)9-13-6-7-15(11(2)8-13)17-10-12-4-5-12/h6-8,12,14H,3-5,9-10,16H2,1-2H3. The maximum absolute atomic E-state index is 5.97. The Morgan fingerprint density at radius 1 is 1.41 bits per heavy atom. The van der Waals surface area contributed by atoms with Crippen LogP contribution in [-0.2, 0) is 6.42 Å². The molecule has 0 aliphatic heterocycles. The van der Waals surface area contributed by atoms with Gasteiger partial charge in [0.05, 0.1) is 6.61 Å². The molecule has 1 aliphatic rings. The minimum absolute atomic E-state index is 0.271. The van der Waals surface area contributed by atoms with Crippen LogP contribution in [0.25, 0.3) is 0 Å². The van der Waals surface area contributed by atoms with E-state index in [0.29, 0.717) is 0 Å². The van der Waals surface area contributed by atoms with E-state index >= 15 is 0 Å². The number of rotatable bonds is 6. The summed E-state index contributed by atoms with van der Waals surface area (Å²) in [6, 6.07) is 6.71. The molecule has 94 valence electrons. The fourth-order valence-corrected chi connectivity index (χ4v) is 1.94. The van der Waals surface area contributed by atoms with Gasteiger partial charge in [-0.3, -0.25) is 0 Å². The molecule has 0 spiro atoms. The number of ether oxygens (including phenoxy) is 1. The first-order valence-electron chi connectivity index (χ1n) is 6.67. The van der Waals surface area contributed by atoms with Crippen LogP contribution in [0.15, 0.2) is 18.2 Å². The van der Waals surface area contributed by atoms with E-state index in [1.165, 1.54) is 24.0 Å². The molecule has 0 heterocycles. The smallest absolute Gasteiger partial charge is 0.122 e. The third-order valence-corrected chi connectivity index (χ3v) is 3.43. The van der Waals surface area contributed by atoms with Gasteiger partial charge in [0.2, 0.25) is 0 Å². The summed E-state index contributed by atoms with van der Waals surface area (Å²) in [6.07, 6.45) is 4.66. The summed E-state index contributed by atoms with van der Waals surface area (Å²) >= 11 is 0. The van der Waals surface area contributed by atoms with Crippen LogP contribution in [0.5, 0.6) is 5.75 Å². The summed E-state index contributed by atoms with van der Waals surface area (Å²) in [6.45, 7) is 5.13. The van der Waals surface area contributed by atoms with Crippen molar-refractivity contribution < 1.29 is 4.74 Å². The van der Waals surface area contributed by atoms with Gasteiger partial charge in [-0.05, 0) is 55.7 Å². The van der Waals surface area contributed by atoms with E-state index in [4.69, 9.17) is 10.5 Å². The second kappa shape index (κ2) is 5.54. The molecule has 2 N–H and O–H groups in total. The van der Waals surface area contributed by atoms with Crippen molar-refractivity contribution in [2.45, 2.75) is 45.6 Å². The molecule has 0 amide bonds. The maximum atomic E-state index is 5.97. The predicted molar refractivity (Wildman–Crippen MR) is 71.4 cm³/mol. The van der Waals surface area contributed by atoms with E-state index in [-0.39, 0.29) is 6.04 Å². The lowest BCUT2D eigenvalue weighted by atomic mass is 10.0. The van der Waals surface area contributed by atoms with Crippen LogP contribution < -0.4 is 10.5 Å². The first kappa shape index (κ1) is 12.4. The lowest BCUT2D eigenvalue weighted by Gasteiger charge is -2.12. The Morgan fingerprint density at radius 3 is 2.76 bits per heavy atom. The molecular weight excluding hydrogens is 210 g/mol. The molecule has 0 saturated heterocycles. The van der Waals surface area contributed by atoms with Crippen LogP contribution in [0.1, 0.15) is 37.3 Å². The van der Waals surface area contributed by atoms with Gasteiger partial charge in [-0.25, -0.2) is 0 Å². The molecule has 1 unspecified atom stereocenters. The van der Waals surface area contributed by atoms with Gasteiger partial charge in [-0.1, -0.05) is 19.1 Å². The monoisotopic (exact) mass is 233 g/mol. The third-order valence-electron chi connectivity index (χ3n) is 3.43. The van der Waals surface area contributed by atoms with Crippen molar-refractivity contribution in [3.63, 3.8) is 0 Å². The van der Waals surface area contributed by atoms with Gasteiger partial charge in [-0.15, -0.1) is 0 Å². The van der Waals surface area contributed by atoms with Crippen molar-refractivity contribution in [2.24, 2.45) is 11.7 Å². The Labute approximate surface area is 104 Å². The van der Waals surface area contributed by atoms with E-state index in [9.17, 15) is 0 Å². The van der Waals surface area contributed by atoms with Crippen LogP contribution in [0.4, 0.5) is 0 Å². The Bertz CT molecular complexity index is 371. The van der Waals surface area contributed by atoms with Gasteiger partial charge in [0.25, 0.3) is 0 Å². The SMILES string of the molecule is CCC(N)Cc1ccc(OCC2CC2)c(C)c1. The van der Waals surface area contributed by atoms with Gasteiger partial charge in [0.15, 0.2) is 0 Å². The van der Waals surface area contributed by atoms with Crippen LogP contribution >= 0.6 is 0 Å². The van der Waals surface area contributed by atoms with E-state index in [2.05, 4.69) is 32.0 Å². The fourth-order valence-electron chi connectivity index (χ4n) is 1.94. The van der Waals surface area contributed by atoms with Gasteiger partial charge in [-0.2, -0.15) is 0 Å². The highest BCUT2D eigenvalue weighted by molar-refractivity contribution is 5.36. The van der Waals surface area contributed by atoms with Crippen molar-refractivity contribution in [3.8, 4) is 5.75 Å². The first-order chi connectivity index (χ1) is 8.19. The van der Waals surface area contributed by atoms with Crippen LogP contribution in [0.3, 0.4) is 0 Å². The largest absolute Gasteiger partial charge is 0.493 e. The van der Waals surface area contributed by atoms with Crippen molar-refractivity contribution in [2.75, 3.05) is 6.61 Å². The van der Waals surface area contributed by atoms with E-state index in [1.54, 1.807) is 0 Å². The van der Waals surface area contributed by atoms with E-state index in [1.807, 2.05) is 0 Å². The Kier molecular flexibility index (Phi) is 4.06. The minimum atomic E-state index is 0.271. The Morgan fingerprint density at radius 2 is 2.18 bits per heavy atom. The number of hydrogen-bond acceptors (Lipinski definition) is 2. The summed E-state index contributed by atoms with van der Waals surface area (Å²) < 4.78 is 5.82. The molecule has 2 nitrogen and oxygen atoms in total. The van der Waals surface area contributed by atoms with Crippen molar-refractivity contribution >= 4 is 0 Å². The highest BCUT2D eigenvalue weighted by Gasteiger charge is 2.22. The number of nitrogens with two attached hydrogens (primary N) is 1. The first-order valence-corrected chi connectivity index (χ1v) is 6.67. The van der Waals surface area contributed by atoms with Crippen LogP contribution in [0.2, 0.25) is 0 Å². The second-order valence-corrected chi connectivity index (χ2v) is 5.23. The molecule has 1 aliphatic carbocycles. The molecule has 1 fully saturated rings. The van der Waals surface area contributed by atoms with Gasteiger partial charge >= 0.3 is 0 Å². The fraction of sp³-hybridized carbons (Fsp3) is 0.600. The summed E-state index contributed by atoms with van der Waals surface area (Å²) in [5.41, 5.74) is 8.51. The van der Waals surface area contributed by atoms with Gasteiger partial charge < -0.3 is 10.5 Å². The summed E-state index contributed by atoms with van der Waals surface area (Å²) in [7, 11) is 0. The number of aryl methyl sites for hydroxylation is 1. The quantitative estimate of drug-likeness (QED) is 0.819. The number of hydrogen-bond donors (Lipinski definition) is 1. The van der Waals surface area contributed by atoms with Gasteiger partial charge in [0.1, 0.15) is 5.75 Å². The van der Waals surface area contributed by atoms with E-state index in [0.717, 1.165) is 31.1 Å². The van der Waals surface area contributed by atoms with Gasteiger partial charge in [0, 0.05) is 6.04 Å². The van der Waals surface area contributed by atoms with Crippen LogP contribution in [-0.4, -0.2) is 12.6 Å². The highest BCUT2D eigenvalue weighted by Crippen LogP contribution is 2.30. The Hall–Kier alpha value is -1.02. The lowest BCUT2D eigenvalue weighted by Crippen LogP contribution is -2.21. The average molecular weight is 233 g/mol. The highest BCUT2D eigenvalue weighted by atomic mass is 16.5. The summed E-state index contributed by atoms with van der Waals surface area (Å²) in [4.78, 5) is 0. The van der Waals surface area contributed by atoms with E-state index < -0.39 is 0 Å². The second-order valence-electron chi connectivity index (χ2n) is 5.23. The molecule has 2 rings (SSSR count). The van der Waals surface area contributed by atoms with Crippen molar-refractivity contribution in [3.05, 3.63) is 29.3 Å². The zero-order valence-electron chi connectivity index (χ0n) is 10.9. The van der Waals surface area contributed by atoms with Crippen molar-refractivity contribution in [1.82, 2.24) is 0 Å². The molecular formula is C15H23NO. The molecule has 2 heteroatoms. The molecule has 1 aromatic rings. The molecule has 0 radical (unpaired) electrons. The zero-order chi connectivity index (χ0) is 12.3. The minimum Gasteiger partial charge on any atom is -0.493 e. The summed E-state index contributed by atoms with van der Waals surface area (Å²) in [5.74, 6) is 1.84. The Balaban J connectivity index is 1.94. The average Bonchev–Trinajstić information content (AvgIpc) is 3.12.